The summed E-state index contributed by atoms with van der Waals surface area (Å²) in [5.74, 6) is 0. The van der Waals surface area contributed by atoms with Crippen LogP contribution in [0.3, 0.4) is 0 Å². The number of ether oxygens (including phenoxy) is 2. The first-order chi connectivity index (χ1) is 7.67. The van der Waals surface area contributed by atoms with E-state index in [1.165, 1.54) is 11.0 Å². The Labute approximate surface area is 101 Å². The molecule has 1 amide bonds. The van der Waals surface area contributed by atoms with Crippen LogP contribution in [0.4, 0.5) is 9.18 Å². The molecule has 0 bridgehead atoms. The van der Waals surface area contributed by atoms with Gasteiger partial charge in [-0.05, 0) is 40.7 Å². The highest BCUT2D eigenvalue weighted by atomic mass is 19.1. The molecule has 0 aliphatic carbocycles. The molecular formula is C12H20FNO3. The van der Waals surface area contributed by atoms with Gasteiger partial charge in [0, 0.05) is 0 Å². The van der Waals surface area contributed by atoms with E-state index >= 15 is 0 Å². The number of rotatable bonds is 1. The van der Waals surface area contributed by atoms with Crippen LogP contribution in [0.25, 0.3) is 0 Å². The fourth-order valence-electron chi connectivity index (χ4n) is 1.72. The lowest BCUT2D eigenvalue weighted by Crippen LogP contribution is -2.49. The quantitative estimate of drug-likeness (QED) is 0.713. The van der Waals surface area contributed by atoms with Crippen LogP contribution in [-0.2, 0) is 9.47 Å². The van der Waals surface area contributed by atoms with Crippen molar-refractivity contribution in [2.45, 2.75) is 52.0 Å². The molecule has 0 spiro atoms. The topological polar surface area (TPSA) is 38.8 Å². The lowest BCUT2D eigenvalue weighted by molar-refractivity contribution is -0.0610. The maximum atomic E-state index is 12.3. The first-order valence-corrected chi connectivity index (χ1v) is 5.60. The van der Waals surface area contributed by atoms with Crippen molar-refractivity contribution in [2.24, 2.45) is 0 Å². The molecule has 1 atom stereocenters. The van der Waals surface area contributed by atoms with Gasteiger partial charge in [0.05, 0.1) is 19.0 Å². The summed E-state index contributed by atoms with van der Waals surface area (Å²) in [7, 11) is 0. The van der Waals surface area contributed by atoms with Gasteiger partial charge in [0.2, 0.25) is 0 Å². The van der Waals surface area contributed by atoms with Gasteiger partial charge in [-0.15, -0.1) is 0 Å². The molecule has 0 radical (unpaired) electrons. The highest BCUT2D eigenvalue weighted by Gasteiger charge is 2.44. The van der Waals surface area contributed by atoms with Gasteiger partial charge in [0.15, 0.2) is 0 Å². The summed E-state index contributed by atoms with van der Waals surface area (Å²) in [6, 6.07) is -0.426. The van der Waals surface area contributed by atoms with Crippen molar-refractivity contribution in [1.29, 1.82) is 0 Å². The number of nitrogens with zero attached hydrogens (tertiary/aromatic N) is 1. The second-order valence-electron chi connectivity index (χ2n) is 5.49. The molecule has 17 heavy (non-hydrogen) atoms. The van der Waals surface area contributed by atoms with Crippen LogP contribution >= 0.6 is 0 Å². The van der Waals surface area contributed by atoms with Crippen molar-refractivity contribution in [3.05, 3.63) is 12.4 Å². The summed E-state index contributed by atoms with van der Waals surface area (Å²) in [6.07, 6.45) is 1.22. The van der Waals surface area contributed by atoms with Crippen LogP contribution in [0.2, 0.25) is 0 Å². The number of carbonyl (C=O) groups excluding carboxylic acids is 1. The van der Waals surface area contributed by atoms with Crippen molar-refractivity contribution >= 4 is 6.09 Å². The zero-order chi connectivity index (χ0) is 13.3. The van der Waals surface area contributed by atoms with E-state index < -0.39 is 23.5 Å². The van der Waals surface area contributed by atoms with E-state index in [9.17, 15) is 9.18 Å². The van der Waals surface area contributed by atoms with Gasteiger partial charge in [0.25, 0.3) is 0 Å². The first-order valence-electron chi connectivity index (χ1n) is 5.60. The minimum absolute atomic E-state index is 0.270. The van der Waals surface area contributed by atoms with E-state index in [1.54, 1.807) is 34.6 Å². The average molecular weight is 245 g/mol. The monoisotopic (exact) mass is 245 g/mol. The molecule has 0 N–H and O–H groups in total. The van der Waals surface area contributed by atoms with E-state index in [4.69, 9.17) is 9.47 Å². The minimum atomic E-state index is -0.785. The fourth-order valence-corrected chi connectivity index (χ4v) is 1.72. The SMILES string of the molecule is CC(C)(C)OC(=O)N1[C@@H](/C=C\F)COC1(C)C. The van der Waals surface area contributed by atoms with Crippen molar-refractivity contribution < 1.29 is 18.7 Å². The third-order valence-electron chi connectivity index (χ3n) is 2.40. The zero-order valence-corrected chi connectivity index (χ0v) is 11.0. The second kappa shape index (κ2) is 4.64. The molecule has 1 aliphatic rings. The average Bonchev–Trinajstić information content (AvgIpc) is 2.39. The van der Waals surface area contributed by atoms with Gasteiger partial charge >= 0.3 is 6.09 Å². The van der Waals surface area contributed by atoms with Gasteiger partial charge in [-0.2, -0.15) is 0 Å². The van der Waals surface area contributed by atoms with E-state index in [0.717, 1.165) is 0 Å². The maximum absolute atomic E-state index is 12.3. The van der Waals surface area contributed by atoms with Crippen molar-refractivity contribution in [1.82, 2.24) is 4.90 Å². The van der Waals surface area contributed by atoms with E-state index in [1.807, 2.05) is 0 Å². The summed E-state index contributed by atoms with van der Waals surface area (Å²) in [5, 5.41) is 0. The standard InChI is InChI=1S/C12H20FNO3/c1-11(2,3)17-10(15)14-9(6-7-13)8-16-12(14,4)5/h6-7,9H,8H2,1-5H3/b7-6-/t9-/m0/s1. The Morgan fingerprint density at radius 3 is 2.59 bits per heavy atom. The number of hydrogen-bond donors (Lipinski definition) is 0. The Balaban J connectivity index is 2.86. The number of amides is 1. The molecule has 1 fully saturated rings. The van der Waals surface area contributed by atoms with Gasteiger partial charge in [0.1, 0.15) is 11.3 Å². The molecule has 1 rings (SSSR count). The van der Waals surface area contributed by atoms with Crippen molar-refractivity contribution in [3.63, 3.8) is 0 Å². The Bertz CT molecular complexity index is 320. The fraction of sp³-hybridized carbons (Fsp3) is 0.750. The third-order valence-corrected chi connectivity index (χ3v) is 2.40. The molecule has 1 saturated heterocycles. The van der Waals surface area contributed by atoms with Crippen LogP contribution in [0.5, 0.6) is 0 Å². The Morgan fingerprint density at radius 1 is 1.53 bits per heavy atom. The molecule has 0 unspecified atom stereocenters. The van der Waals surface area contributed by atoms with E-state index in [2.05, 4.69) is 0 Å². The molecule has 5 heteroatoms. The summed E-state index contributed by atoms with van der Waals surface area (Å²) in [6.45, 7) is 9.14. The molecule has 98 valence electrons. The largest absolute Gasteiger partial charge is 0.444 e. The number of halogens is 1. The van der Waals surface area contributed by atoms with E-state index in [-0.39, 0.29) is 6.61 Å². The third kappa shape index (κ3) is 3.43. The lowest BCUT2D eigenvalue weighted by atomic mass is 10.2. The predicted octanol–water partition coefficient (Wildman–Crippen LogP) is 2.84. The maximum Gasteiger partial charge on any atom is 0.413 e. The molecule has 0 aromatic rings. The number of carbonyl (C=O) groups is 1. The van der Waals surface area contributed by atoms with Crippen LogP contribution in [0.15, 0.2) is 12.4 Å². The van der Waals surface area contributed by atoms with Gasteiger partial charge in [-0.1, -0.05) is 0 Å². The first kappa shape index (κ1) is 14.0. The zero-order valence-electron chi connectivity index (χ0n) is 11.0. The highest BCUT2D eigenvalue weighted by molar-refractivity contribution is 5.70. The molecule has 1 heterocycles. The molecular weight excluding hydrogens is 225 g/mol. The summed E-state index contributed by atoms with van der Waals surface area (Å²) >= 11 is 0. The Kier molecular flexibility index (Phi) is 3.81. The Morgan fingerprint density at radius 2 is 2.12 bits per heavy atom. The van der Waals surface area contributed by atoms with Gasteiger partial charge in [-0.3, -0.25) is 4.90 Å². The molecule has 1 aliphatic heterocycles. The van der Waals surface area contributed by atoms with Crippen LogP contribution in [0, 0.1) is 0 Å². The molecule has 0 aromatic carbocycles. The highest BCUT2D eigenvalue weighted by Crippen LogP contribution is 2.29. The van der Waals surface area contributed by atoms with Gasteiger partial charge in [-0.25, -0.2) is 9.18 Å². The normalized spacial score (nSPS) is 24.4. The molecule has 4 nitrogen and oxygen atoms in total. The summed E-state index contributed by atoms with van der Waals surface area (Å²) < 4.78 is 23.0. The van der Waals surface area contributed by atoms with E-state index in [0.29, 0.717) is 6.33 Å². The van der Waals surface area contributed by atoms with Gasteiger partial charge < -0.3 is 9.47 Å². The summed E-state index contributed by atoms with van der Waals surface area (Å²) in [4.78, 5) is 13.4. The molecule has 0 saturated carbocycles. The summed E-state index contributed by atoms with van der Waals surface area (Å²) in [5.41, 5.74) is -1.37. The number of hydrogen-bond acceptors (Lipinski definition) is 3. The van der Waals surface area contributed by atoms with Crippen molar-refractivity contribution in [2.75, 3.05) is 6.61 Å². The molecule has 0 aromatic heterocycles. The van der Waals surface area contributed by atoms with Crippen LogP contribution in [0.1, 0.15) is 34.6 Å². The van der Waals surface area contributed by atoms with Crippen molar-refractivity contribution in [3.8, 4) is 0 Å². The van der Waals surface area contributed by atoms with Crippen LogP contribution in [-0.4, -0.2) is 35.0 Å². The minimum Gasteiger partial charge on any atom is -0.444 e. The lowest BCUT2D eigenvalue weighted by Gasteiger charge is -2.34. The predicted molar refractivity (Wildman–Crippen MR) is 62.1 cm³/mol. The second-order valence-corrected chi connectivity index (χ2v) is 5.49. The van der Waals surface area contributed by atoms with Crippen LogP contribution < -0.4 is 0 Å². The Hall–Kier alpha value is -1.10. The smallest absolute Gasteiger partial charge is 0.413 e.